The standard InChI is InChI=1S/C15H24N2O2/c1-11(2)12(3)9-14(18)16-8-7-13-5-6-15(19-4)17-10-13/h5-6,10-12H,7-9H2,1-4H3,(H,16,18). The van der Waals surface area contributed by atoms with Gasteiger partial charge in [0.1, 0.15) is 0 Å². The van der Waals surface area contributed by atoms with Crippen molar-refractivity contribution in [3.05, 3.63) is 23.9 Å². The molecular formula is C15H24N2O2. The quantitative estimate of drug-likeness (QED) is 0.823. The van der Waals surface area contributed by atoms with Crippen LogP contribution in [-0.2, 0) is 11.2 Å². The van der Waals surface area contributed by atoms with Gasteiger partial charge in [-0.3, -0.25) is 4.79 Å². The molecule has 0 radical (unpaired) electrons. The van der Waals surface area contributed by atoms with Crippen LogP contribution in [0.15, 0.2) is 18.3 Å². The molecule has 4 nitrogen and oxygen atoms in total. The lowest BCUT2D eigenvalue weighted by atomic mass is 9.94. The van der Waals surface area contributed by atoms with Crippen molar-refractivity contribution < 1.29 is 9.53 Å². The first-order valence-corrected chi connectivity index (χ1v) is 6.78. The summed E-state index contributed by atoms with van der Waals surface area (Å²) in [4.78, 5) is 15.8. The van der Waals surface area contributed by atoms with E-state index in [1.165, 1.54) is 0 Å². The minimum Gasteiger partial charge on any atom is -0.481 e. The molecule has 19 heavy (non-hydrogen) atoms. The van der Waals surface area contributed by atoms with Crippen molar-refractivity contribution in [3.63, 3.8) is 0 Å². The first kappa shape index (κ1) is 15.5. The SMILES string of the molecule is COc1ccc(CCNC(=O)CC(C)C(C)C)cn1. The van der Waals surface area contributed by atoms with E-state index < -0.39 is 0 Å². The third kappa shape index (κ3) is 5.73. The van der Waals surface area contributed by atoms with E-state index >= 15 is 0 Å². The van der Waals surface area contributed by atoms with Gasteiger partial charge in [-0.15, -0.1) is 0 Å². The molecule has 0 aliphatic carbocycles. The Morgan fingerprint density at radius 3 is 2.63 bits per heavy atom. The predicted octanol–water partition coefficient (Wildman–Crippen LogP) is 2.43. The normalized spacial score (nSPS) is 12.3. The van der Waals surface area contributed by atoms with E-state index in [0.29, 0.717) is 30.7 Å². The minimum absolute atomic E-state index is 0.127. The highest BCUT2D eigenvalue weighted by Crippen LogP contribution is 2.13. The number of carbonyl (C=O) groups excluding carboxylic acids is 1. The maximum absolute atomic E-state index is 11.7. The molecule has 0 aliphatic heterocycles. The van der Waals surface area contributed by atoms with Crippen molar-refractivity contribution in [1.29, 1.82) is 0 Å². The average molecular weight is 264 g/mol. The van der Waals surface area contributed by atoms with Gasteiger partial charge in [0.05, 0.1) is 7.11 Å². The molecule has 1 N–H and O–H groups in total. The molecule has 4 heteroatoms. The molecule has 106 valence electrons. The minimum atomic E-state index is 0.127. The second kappa shape index (κ2) is 7.77. The molecule has 0 aromatic carbocycles. The Bertz CT molecular complexity index is 388. The Labute approximate surface area is 115 Å². The van der Waals surface area contributed by atoms with Gasteiger partial charge in [-0.2, -0.15) is 0 Å². The molecule has 1 heterocycles. The Hall–Kier alpha value is -1.58. The van der Waals surface area contributed by atoms with Gasteiger partial charge in [-0.1, -0.05) is 26.8 Å². The summed E-state index contributed by atoms with van der Waals surface area (Å²) < 4.78 is 5.00. The molecule has 1 rings (SSSR count). The van der Waals surface area contributed by atoms with Gasteiger partial charge in [-0.25, -0.2) is 4.98 Å². The van der Waals surface area contributed by atoms with Crippen LogP contribution in [0.4, 0.5) is 0 Å². The molecule has 0 saturated heterocycles. The summed E-state index contributed by atoms with van der Waals surface area (Å²) >= 11 is 0. The number of hydrogen-bond donors (Lipinski definition) is 1. The van der Waals surface area contributed by atoms with Crippen LogP contribution < -0.4 is 10.1 Å². The van der Waals surface area contributed by atoms with Crippen molar-refractivity contribution in [2.45, 2.75) is 33.6 Å². The highest BCUT2D eigenvalue weighted by molar-refractivity contribution is 5.76. The van der Waals surface area contributed by atoms with Crippen molar-refractivity contribution >= 4 is 5.91 Å². The number of hydrogen-bond acceptors (Lipinski definition) is 3. The van der Waals surface area contributed by atoms with Gasteiger partial charge in [0.25, 0.3) is 0 Å². The molecule has 1 amide bonds. The molecule has 0 fully saturated rings. The van der Waals surface area contributed by atoms with Crippen molar-refractivity contribution in [2.24, 2.45) is 11.8 Å². The van der Waals surface area contributed by atoms with Crippen molar-refractivity contribution in [2.75, 3.05) is 13.7 Å². The van der Waals surface area contributed by atoms with Gasteiger partial charge >= 0.3 is 0 Å². The topological polar surface area (TPSA) is 51.2 Å². The van der Waals surface area contributed by atoms with Gasteiger partial charge < -0.3 is 10.1 Å². The van der Waals surface area contributed by atoms with Crippen molar-refractivity contribution in [1.82, 2.24) is 10.3 Å². The van der Waals surface area contributed by atoms with Gasteiger partial charge in [0.15, 0.2) is 0 Å². The molecule has 1 aromatic rings. The zero-order chi connectivity index (χ0) is 14.3. The van der Waals surface area contributed by atoms with Crippen LogP contribution >= 0.6 is 0 Å². The van der Waals surface area contributed by atoms with E-state index in [0.717, 1.165) is 12.0 Å². The van der Waals surface area contributed by atoms with Crippen LogP contribution in [0.2, 0.25) is 0 Å². The van der Waals surface area contributed by atoms with E-state index in [1.807, 2.05) is 12.1 Å². The van der Waals surface area contributed by atoms with Crippen LogP contribution in [0, 0.1) is 11.8 Å². The summed E-state index contributed by atoms with van der Waals surface area (Å²) in [6.07, 6.45) is 3.17. The number of methoxy groups -OCH3 is 1. The van der Waals surface area contributed by atoms with Crippen LogP contribution in [0.3, 0.4) is 0 Å². The highest BCUT2D eigenvalue weighted by Gasteiger charge is 2.11. The van der Waals surface area contributed by atoms with Gasteiger partial charge in [0, 0.05) is 25.2 Å². The number of ether oxygens (including phenoxy) is 1. The molecule has 0 aliphatic rings. The second-order valence-electron chi connectivity index (χ2n) is 5.23. The molecule has 1 unspecified atom stereocenters. The molecule has 1 atom stereocenters. The summed E-state index contributed by atoms with van der Waals surface area (Å²) in [6.45, 7) is 7.04. The molecule has 1 aromatic heterocycles. The average Bonchev–Trinajstić information content (AvgIpc) is 2.39. The lowest BCUT2D eigenvalue weighted by Gasteiger charge is -2.14. The smallest absolute Gasteiger partial charge is 0.220 e. The predicted molar refractivity (Wildman–Crippen MR) is 76.1 cm³/mol. The summed E-state index contributed by atoms with van der Waals surface area (Å²) in [5.41, 5.74) is 1.10. The highest BCUT2D eigenvalue weighted by atomic mass is 16.5. The fourth-order valence-electron chi connectivity index (χ4n) is 1.63. The Morgan fingerprint density at radius 1 is 1.37 bits per heavy atom. The number of carbonyl (C=O) groups is 1. The van der Waals surface area contributed by atoms with Crippen LogP contribution in [0.25, 0.3) is 0 Å². The largest absolute Gasteiger partial charge is 0.481 e. The summed E-state index contributed by atoms with van der Waals surface area (Å²) in [7, 11) is 1.60. The summed E-state index contributed by atoms with van der Waals surface area (Å²) in [5, 5.41) is 2.95. The molecule has 0 bridgehead atoms. The third-order valence-electron chi connectivity index (χ3n) is 3.39. The number of pyridine rings is 1. The van der Waals surface area contributed by atoms with Crippen LogP contribution in [-0.4, -0.2) is 24.5 Å². The van der Waals surface area contributed by atoms with Crippen LogP contribution in [0.5, 0.6) is 5.88 Å². The Balaban J connectivity index is 2.27. The summed E-state index contributed by atoms with van der Waals surface area (Å²) in [6, 6.07) is 3.80. The zero-order valence-corrected chi connectivity index (χ0v) is 12.3. The maximum Gasteiger partial charge on any atom is 0.220 e. The Kier molecular flexibility index (Phi) is 6.33. The number of aromatic nitrogens is 1. The van der Waals surface area contributed by atoms with Crippen molar-refractivity contribution in [3.8, 4) is 5.88 Å². The first-order chi connectivity index (χ1) is 9.02. The van der Waals surface area contributed by atoms with Crippen LogP contribution in [0.1, 0.15) is 32.8 Å². The monoisotopic (exact) mass is 264 g/mol. The van der Waals surface area contributed by atoms with Gasteiger partial charge in [0.2, 0.25) is 11.8 Å². The number of amides is 1. The second-order valence-corrected chi connectivity index (χ2v) is 5.23. The molecular weight excluding hydrogens is 240 g/mol. The zero-order valence-electron chi connectivity index (χ0n) is 12.3. The number of rotatable bonds is 7. The van der Waals surface area contributed by atoms with E-state index in [1.54, 1.807) is 13.3 Å². The number of nitrogens with one attached hydrogen (secondary N) is 1. The molecule has 0 saturated carbocycles. The lowest BCUT2D eigenvalue weighted by molar-refractivity contribution is -0.122. The van der Waals surface area contributed by atoms with Gasteiger partial charge in [-0.05, 0) is 23.8 Å². The fraction of sp³-hybridized carbons (Fsp3) is 0.600. The van der Waals surface area contributed by atoms with E-state index in [4.69, 9.17) is 4.74 Å². The first-order valence-electron chi connectivity index (χ1n) is 6.78. The fourth-order valence-corrected chi connectivity index (χ4v) is 1.63. The number of nitrogens with zero attached hydrogens (tertiary/aromatic N) is 1. The third-order valence-corrected chi connectivity index (χ3v) is 3.39. The molecule has 0 spiro atoms. The van der Waals surface area contributed by atoms with E-state index in [2.05, 4.69) is 31.1 Å². The van der Waals surface area contributed by atoms with E-state index in [-0.39, 0.29) is 5.91 Å². The lowest BCUT2D eigenvalue weighted by Crippen LogP contribution is -2.28. The summed E-state index contributed by atoms with van der Waals surface area (Å²) in [5.74, 6) is 1.69. The maximum atomic E-state index is 11.7. The Morgan fingerprint density at radius 2 is 2.11 bits per heavy atom. The van der Waals surface area contributed by atoms with E-state index in [9.17, 15) is 4.79 Å².